The molecule has 7 nitrogen and oxygen atoms in total. The summed E-state index contributed by atoms with van der Waals surface area (Å²) in [5.41, 5.74) is 3.23. The van der Waals surface area contributed by atoms with Gasteiger partial charge in [-0.1, -0.05) is 35.0 Å². The molecule has 4 aromatic rings. The number of urea groups is 1. The van der Waals surface area contributed by atoms with E-state index >= 15 is 0 Å². The van der Waals surface area contributed by atoms with Crippen LogP contribution in [0, 0.1) is 5.82 Å². The fourth-order valence-corrected chi connectivity index (χ4v) is 4.23. The van der Waals surface area contributed by atoms with E-state index in [1.165, 1.54) is 17.0 Å². The highest BCUT2D eigenvalue weighted by Gasteiger charge is 2.36. The summed E-state index contributed by atoms with van der Waals surface area (Å²) < 4.78 is 24.3. The van der Waals surface area contributed by atoms with E-state index in [0.29, 0.717) is 39.1 Å². The number of allylic oxidation sites excluding steroid dienone is 1. The highest BCUT2D eigenvalue weighted by molar-refractivity contribution is 6.31. The van der Waals surface area contributed by atoms with Gasteiger partial charge in [0, 0.05) is 16.3 Å². The molecule has 1 atom stereocenters. The minimum Gasteiger partial charge on any atom is -0.497 e. The Kier molecular flexibility index (Phi) is 5.96. The summed E-state index contributed by atoms with van der Waals surface area (Å²) in [6.07, 6.45) is 0. The number of carbonyl (C=O) groups excluding carboxylic acids is 1. The Balaban J connectivity index is 1.64. The molecule has 3 aromatic carbocycles. The van der Waals surface area contributed by atoms with Crippen LogP contribution in [0.5, 0.6) is 5.75 Å². The van der Waals surface area contributed by atoms with Crippen molar-refractivity contribution in [2.75, 3.05) is 12.0 Å². The monoisotopic (exact) mass is 490 g/mol. The molecule has 35 heavy (non-hydrogen) atoms. The van der Waals surface area contributed by atoms with Crippen LogP contribution in [0.25, 0.3) is 17.0 Å². The molecule has 176 valence electrons. The fraction of sp³-hybridized carbons (Fsp3) is 0.115. The minimum atomic E-state index is -0.564. The first-order valence-corrected chi connectivity index (χ1v) is 11.1. The lowest BCUT2D eigenvalue weighted by Gasteiger charge is -2.35. The van der Waals surface area contributed by atoms with E-state index in [2.05, 4.69) is 15.5 Å². The highest BCUT2D eigenvalue weighted by atomic mass is 35.5. The summed E-state index contributed by atoms with van der Waals surface area (Å²) in [6, 6.07) is 19.3. The Hall–Kier alpha value is -4.17. The zero-order valence-corrected chi connectivity index (χ0v) is 19.6. The molecule has 0 bridgehead atoms. The van der Waals surface area contributed by atoms with Crippen molar-refractivity contribution >= 4 is 28.9 Å². The van der Waals surface area contributed by atoms with E-state index in [1.807, 2.05) is 31.2 Å². The van der Waals surface area contributed by atoms with E-state index in [1.54, 1.807) is 43.5 Å². The van der Waals surface area contributed by atoms with Crippen LogP contribution in [0.15, 0.2) is 83.0 Å². The number of hydrogen-bond acceptors (Lipinski definition) is 5. The SMILES string of the molecule is COc1ccc(C2NC(=O)N(c3cccc(Cl)c3)C(C)=C2c2nc(-c3ccc(F)cc3)no2)cc1. The Morgan fingerprint density at radius 2 is 1.83 bits per heavy atom. The topological polar surface area (TPSA) is 80.5 Å². The number of rotatable bonds is 5. The average Bonchev–Trinajstić information content (AvgIpc) is 3.34. The molecule has 2 heterocycles. The van der Waals surface area contributed by atoms with E-state index in [0.717, 1.165) is 5.56 Å². The summed E-state index contributed by atoms with van der Waals surface area (Å²) >= 11 is 6.19. The van der Waals surface area contributed by atoms with Gasteiger partial charge in [0.2, 0.25) is 5.82 Å². The zero-order chi connectivity index (χ0) is 24.5. The van der Waals surface area contributed by atoms with Gasteiger partial charge in [-0.3, -0.25) is 4.90 Å². The van der Waals surface area contributed by atoms with E-state index < -0.39 is 6.04 Å². The average molecular weight is 491 g/mol. The Labute approximate surface area is 205 Å². The van der Waals surface area contributed by atoms with Crippen LogP contribution in [0.1, 0.15) is 24.4 Å². The van der Waals surface area contributed by atoms with E-state index in [-0.39, 0.29) is 17.7 Å². The van der Waals surface area contributed by atoms with Gasteiger partial charge in [0.1, 0.15) is 11.6 Å². The number of methoxy groups -OCH3 is 1. The van der Waals surface area contributed by atoms with Crippen molar-refractivity contribution in [3.63, 3.8) is 0 Å². The molecule has 1 aliphatic rings. The zero-order valence-electron chi connectivity index (χ0n) is 18.8. The van der Waals surface area contributed by atoms with Crippen molar-refractivity contribution < 1.29 is 18.4 Å². The van der Waals surface area contributed by atoms with Crippen LogP contribution < -0.4 is 15.0 Å². The quantitative estimate of drug-likeness (QED) is 0.358. The van der Waals surface area contributed by atoms with E-state index in [9.17, 15) is 9.18 Å². The predicted molar refractivity (Wildman–Crippen MR) is 130 cm³/mol. The lowest BCUT2D eigenvalue weighted by molar-refractivity contribution is 0.244. The first-order chi connectivity index (χ1) is 16.9. The summed E-state index contributed by atoms with van der Waals surface area (Å²) in [6.45, 7) is 1.81. The number of halogens is 2. The first kappa shape index (κ1) is 22.6. The molecule has 0 aliphatic carbocycles. The lowest BCUT2D eigenvalue weighted by atomic mass is 9.94. The van der Waals surface area contributed by atoms with Gasteiger partial charge in [-0.2, -0.15) is 4.98 Å². The van der Waals surface area contributed by atoms with Crippen molar-refractivity contribution in [1.29, 1.82) is 0 Å². The number of anilines is 1. The van der Waals surface area contributed by atoms with Gasteiger partial charge < -0.3 is 14.6 Å². The number of nitrogens with one attached hydrogen (secondary N) is 1. The summed E-state index contributed by atoms with van der Waals surface area (Å²) in [5, 5.41) is 7.64. The molecule has 1 unspecified atom stereocenters. The summed E-state index contributed by atoms with van der Waals surface area (Å²) in [4.78, 5) is 19.4. The van der Waals surface area contributed by atoms with Crippen LogP contribution >= 0.6 is 11.6 Å². The molecule has 1 N–H and O–H groups in total. The molecule has 0 spiro atoms. The predicted octanol–water partition coefficient (Wildman–Crippen LogP) is 6.24. The number of ether oxygens (including phenoxy) is 1. The molecular formula is C26H20ClFN4O3. The standard InChI is InChI=1S/C26H20ClFN4O3/c1-15-22(25-30-24(31-35-25)17-6-10-19(28)11-7-17)23(16-8-12-21(34-2)13-9-16)29-26(33)32(15)20-5-3-4-18(27)14-20/h3-14,23H,1-2H3,(H,29,33). The van der Waals surface area contributed by atoms with Crippen molar-refractivity contribution in [1.82, 2.24) is 15.5 Å². The third-order valence-corrected chi connectivity index (χ3v) is 5.99. The Morgan fingerprint density at radius 3 is 2.51 bits per heavy atom. The number of hydrogen-bond donors (Lipinski definition) is 1. The van der Waals surface area contributed by atoms with Gasteiger partial charge in [-0.05, 0) is 67.1 Å². The minimum absolute atomic E-state index is 0.231. The molecule has 9 heteroatoms. The molecule has 5 rings (SSSR count). The maximum Gasteiger partial charge on any atom is 0.326 e. The van der Waals surface area contributed by atoms with Gasteiger partial charge in [0.05, 0.1) is 24.4 Å². The smallest absolute Gasteiger partial charge is 0.326 e. The van der Waals surface area contributed by atoms with Crippen LogP contribution in [-0.2, 0) is 0 Å². The number of aromatic nitrogens is 2. The van der Waals surface area contributed by atoms with Gasteiger partial charge >= 0.3 is 6.03 Å². The first-order valence-electron chi connectivity index (χ1n) is 10.8. The van der Waals surface area contributed by atoms with Crippen molar-refractivity contribution in [2.24, 2.45) is 0 Å². The second-order valence-electron chi connectivity index (χ2n) is 7.90. The normalized spacial score (nSPS) is 15.8. The molecule has 1 aliphatic heterocycles. The Bertz CT molecular complexity index is 1420. The third kappa shape index (κ3) is 4.36. The summed E-state index contributed by atoms with van der Waals surface area (Å²) in [5.74, 6) is 0.868. The number of amides is 2. The molecule has 0 radical (unpaired) electrons. The fourth-order valence-electron chi connectivity index (χ4n) is 4.04. The number of benzene rings is 3. The third-order valence-electron chi connectivity index (χ3n) is 5.76. The van der Waals surface area contributed by atoms with Gasteiger partial charge in [-0.15, -0.1) is 0 Å². The van der Waals surface area contributed by atoms with Crippen molar-refractivity contribution in [3.8, 4) is 17.1 Å². The molecule has 2 amide bonds. The van der Waals surface area contributed by atoms with E-state index in [4.69, 9.17) is 20.9 Å². The highest BCUT2D eigenvalue weighted by Crippen LogP contribution is 2.39. The van der Waals surface area contributed by atoms with Crippen LogP contribution in [0.4, 0.5) is 14.9 Å². The van der Waals surface area contributed by atoms with Crippen molar-refractivity contribution in [3.05, 3.63) is 101 Å². The second-order valence-corrected chi connectivity index (χ2v) is 8.34. The molecule has 0 saturated carbocycles. The van der Waals surface area contributed by atoms with Crippen LogP contribution in [0.3, 0.4) is 0 Å². The van der Waals surface area contributed by atoms with Crippen LogP contribution in [-0.4, -0.2) is 23.3 Å². The molecule has 0 saturated heterocycles. The summed E-state index contributed by atoms with van der Waals surface area (Å²) in [7, 11) is 1.59. The van der Waals surface area contributed by atoms with Gasteiger partial charge in [0.25, 0.3) is 5.89 Å². The van der Waals surface area contributed by atoms with Gasteiger partial charge in [0.15, 0.2) is 0 Å². The molecule has 0 fully saturated rings. The second kappa shape index (κ2) is 9.23. The molecular weight excluding hydrogens is 471 g/mol. The number of carbonyl (C=O) groups is 1. The number of nitrogens with zero attached hydrogens (tertiary/aromatic N) is 3. The largest absolute Gasteiger partial charge is 0.497 e. The Morgan fingerprint density at radius 1 is 1.09 bits per heavy atom. The molecule has 1 aromatic heterocycles. The lowest BCUT2D eigenvalue weighted by Crippen LogP contribution is -2.46. The van der Waals surface area contributed by atoms with Crippen LogP contribution in [0.2, 0.25) is 5.02 Å². The van der Waals surface area contributed by atoms with Gasteiger partial charge in [-0.25, -0.2) is 9.18 Å². The maximum absolute atomic E-state index is 13.4. The van der Waals surface area contributed by atoms with Crippen molar-refractivity contribution in [2.45, 2.75) is 13.0 Å². The maximum atomic E-state index is 13.4.